The summed E-state index contributed by atoms with van der Waals surface area (Å²) in [5.74, 6) is 1.48. The molecule has 1 aromatic carbocycles. The molecule has 0 unspecified atom stereocenters. The van der Waals surface area contributed by atoms with Crippen LogP contribution in [0.2, 0.25) is 0 Å². The number of benzene rings is 1. The molecule has 4 atom stereocenters. The molecular formula is C19H27NOS. The van der Waals surface area contributed by atoms with E-state index in [0.717, 1.165) is 12.5 Å². The Balaban J connectivity index is 1.62. The summed E-state index contributed by atoms with van der Waals surface area (Å²) in [6, 6.07) is 10.4. The van der Waals surface area contributed by atoms with Gasteiger partial charge in [-0.1, -0.05) is 57.5 Å². The summed E-state index contributed by atoms with van der Waals surface area (Å²) in [6.07, 6.45) is 6.29. The highest BCUT2D eigenvalue weighted by Gasteiger charge is 2.45. The Morgan fingerprint density at radius 2 is 2.05 bits per heavy atom. The standard InChI is InChI=1S/C19H27NOS/c1-14-9-10-16-17(11-14)21-18(22-19(16,2)3)13-20-12-15-7-5-4-6-8-15/h4-8,13-14,16-18H,9-12H2,1-3H3/t14-,16-,17-,18-/m1/s1. The molecule has 120 valence electrons. The van der Waals surface area contributed by atoms with E-state index in [1.165, 1.54) is 24.8 Å². The Bertz CT molecular complexity index is 513. The third kappa shape index (κ3) is 3.75. The quantitative estimate of drug-likeness (QED) is 0.737. The molecule has 2 nitrogen and oxygen atoms in total. The summed E-state index contributed by atoms with van der Waals surface area (Å²) < 4.78 is 6.63. The number of fused-ring (bicyclic) bond motifs is 1. The van der Waals surface area contributed by atoms with E-state index in [1.54, 1.807) is 0 Å². The molecule has 1 saturated heterocycles. The second-order valence-electron chi connectivity index (χ2n) is 7.26. The second kappa shape index (κ2) is 6.76. The minimum Gasteiger partial charge on any atom is -0.358 e. The first kappa shape index (κ1) is 16.1. The van der Waals surface area contributed by atoms with E-state index in [4.69, 9.17) is 4.74 Å². The molecule has 0 aromatic heterocycles. The summed E-state index contributed by atoms with van der Waals surface area (Å²) in [6.45, 7) is 7.86. The van der Waals surface area contributed by atoms with Gasteiger partial charge in [-0.2, -0.15) is 0 Å². The molecule has 0 amide bonds. The number of hydrogen-bond acceptors (Lipinski definition) is 3. The third-order valence-corrected chi connectivity index (χ3v) is 6.39. The van der Waals surface area contributed by atoms with Crippen molar-refractivity contribution in [1.29, 1.82) is 0 Å². The van der Waals surface area contributed by atoms with Crippen LogP contribution in [-0.2, 0) is 11.3 Å². The summed E-state index contributed by atoms with van der Waals surface area (Å²) >= 11 is 1.94. The van der Waals surface area contributed by atoms with Crippen LogP contribution in [0.1, 0.15) is 45.6 Å². The van der Waals surface area contributed by atoms with Crippen molar-refractivity contribution >= 4 is 18.0 Å². The number of nitrogens with zero attached hydrogens (tertiary/aromatic N) is 1. The van der Waals surface area contributed by atoms with Crippen molar-refractivity contribution in [3.8, 4) is 0 Å². The number of thioether (sulfide) groups is 1. The molecule has 0 bridgehead atoms. The molecule has 2 aliphatic rings. The Hall–Kier alpha value is -0.800. The van der Waals surface area contributed by atoms with Crippen molar-refractivity contribution in [1.82, 2.24) is 0 Å². The minimum absolute atomic E-state index is 0.102. The number of ether oxygens (including phenoxy) is 1. The highest BCUT2D eigenvalue weighted by molar-refractivity contribution is 8.01. The van der Waals surface area contributed by atoms with Gasteiger partial charge < -0.3 is 4.74 Å². The fourth-order valence-electron chi connectivity index (χ4n) is 3.75. The van der Waals surface area contributed by atoms with Gasteiger partial charge in [0.2, 0.25) is 0 Å². The average molecular weight is 317 g/mol. The van der Waals surface area contributed by atoms with E-state index < -0.39 is 0 Å². The van der Waals surface area contributed by atoms with Crippen molar-refractivity contribution in [3.05, 3.63) is 35.9 Å². The second-order valence-corrected chi connectivity index (χ2v) is 9.02. The Morgan fingerprint density at radius 1 is 1.27 bits per heavy atom. The largest absolute Gasteiger partial charge is 0.358 e. The van der Waals surface area contributed by atoms with Crippen LogP contribution in [0.5, 0.6) is 0 Å². The third-order valence-electron chi connectivity index (χ3n) is 5.02. The topological polar surface area (TPSA) is 21.6 Å². The number of aliphatic imine (C=N–C) groups is 1. The van der Waals surface area contributed by atoms with Crippen molar-refractivity contribution < 1.29 is 4.74 Å². The first-order chi connectivity index (χ1) is 10.5. The fraction of sp³-hybridized carbons (Fsp3) is 0.632. The Labute approximate surface area is 138 Å². The van der Waals surface area contributed by atoms with Gasteiger partial charge in [-0.15, -0.1) is 11.8 Å². The van der Waals surface area contributed by atoms with E-state index >= 15 is 0 Å². The molecule has 1 aromatic rings. The van der Waals surface area contributed by atoms with Gasteiger partial charge in [0.05, 0.1) is 12.6 Å². The van der Waals surface area contributed by atoms with Crippen LogP contribution in [0.25, 0.3) is 0 Å². The van der Waals surface area contributed by atoms with Crippen molar-refractivity contribution in [2.45, 2.75) is 62.9 Å². The highest BCUT2D eigenvalue weighted by Crippen LogP contribution is 2.49. The molecule has 22 heavy (non-hydrogen) atoms. The van der Waals surface area contributed by atoms with Crippen LogP contribution in [0.15, 0.2) is 35.3 Å². The van der Waals surface area contributed by atoms with Crippen molar-refractivity contribution in [3.63, 3.8) is 0 Å². The summed E-state index contributed by atoms with van der Waals surface area (Å²) in [5, 5.41) is 0. The SMILES string of the molecule is C[C@@H]1CC[C@@H]2[C@@H](C1)O[C@@H](C=NCc1ccccc1)SC2(C)C. The maximum atomic E-state index is 6.35. The monoisotopic (exact) mass is 317 g/mol. The smallest absolute Gasteiger partial charge is 0.139 e. The summed E-state index contributed by atoms with van der Waals surface area (Å²) in [4.78, 5) is 4.62. The molecule has 3 rings (SSSR count). The maximum Gasteiger partial charge on any atom is 0.139 e. The van der Waals surface area contributed by atoms with Crippen LogP contribution in [-0.4, -0.2) is 22.5 Å². The van der Waals surface area contributed by atoms with Gasteiger partial charge >= 0.3 is 0 Å². The number of hydrogen-bond donors (Lipinski definition) is 0. The lowest BCUT2D eigenvalue weighted by molar-refractivity contribution is -0.0377. The molecule has 0 spiro atoms. The van der Waals surface area contributed by atoms with Crippen LogP contribution < -0.4 is 0 Å². The maximum absolute atomic E-state index is 6.35. The average Bonchev–Trinajstić information content (AvgIpc) is 2.47. The van der Waals surface area contributed by atoms with Crippen molar-refractivity contribution in [2.75, 3.05) is 0 Å². The van der Waals surface area contributed by atoms with Crippen LogP contribution in [0.4, 0.5) is 0 Å². The Morgan fingerprint density at radius 3 is 2.82 bits per heavy atom. The zero-order chi connectivity index (χ0) is 15.6. The zero-order valence-electron chi connectivity index (χ0n) is 13.9. The molecule has 1 aliphatic heterocycles. The zero-order valence-corrected chi connectivity index (χ0v) is 14.7. The van der Waals surface area contributed by atoms with Crippen LogP contribution in [0.3, 0.4) is 0 Å². The predicted molar refractivity (Wildman–Crippen MR) is 95.5 cm³/mol. The molecular weight excluding hydrogens is 290 g/mol. The number of rotatable bonds is 3. The van der Waals surface area contributed by atoms with Gasteiger partial charge in [0, 0.05) is 11.0 Å². The molecule has 3 heteroatoms. The first-order valence-corrected chi connectivity index (χ1v) is 9.30. The van der Waals surface area contributed by atoms with E-state index in [-0.39, 0.29) is 10.2 Å². The summed E-state index contributed by atoms with van der Waals surface area (Å²) in [5.41, 5.74) is 1.35. The van der Waals surface area contributed by atoms with Gasteiger partial charge in [0.1, 0.15) is 5.44 Å². The predicted octanol–water partition coefficient (Wildman–Crippen LogP) is 4.93. The molecule has 0 radical (unpaired) electrons. The fourth-order valence-corrected chi connectivity index (χ4v) is 5.14. The highest BCUT2D eigenvalue weighted by atomic mass is 32.2. The Kier molecular flexibility index (Phi) is 4.94. The lowest BCUT2D eigenvalue weighted by Crippen LogP contribution is -2.49. The van der Waals surface area contributed by atoms with E-state index in [1.807, 2.05) is 24.0 Å². The normalized spacial score (nSPS) is 34.5. The van der Waals surface area contributed by atoms with E-state index in [9.17, 15) is 0 Å². The molecule has 1 heterocycles. The van der Waals surface area contributed by atoms with Gasteiger partial charge in [0.25, 0.3) is 0 Å². The van der Waals surface area contributed by atoms with Gasteiger partial charge in [0.15, 0.2) is 0 Å². The van der Waals surface area contributed by atoms with Crippen molar-refractivity contribution in [2.24, 2.45) is 16.8 Å². The first-order valence-electron chi connectivity index (χ1n) is 8.42. The molecule has 0 N–H and O–H groups in total. The van der Waals surface area contributed by atoms with Gasteiger partial charge in [-0.05, 0) is 30.2 Å². The van der Waals surface area contributed by atoms with Gasteiger partial charge in [-0.25, -0.2) is 0 Å². The van der Waals surface area contributed by atoms with E-state index in [0.29, 0.717) is 12.0 Å². The lowest BCUT2D eigenvalue weighted by atomic mass is 9.75. The molecule has 2 fully saturated rings. The van der Waals surface area contributed by atoms with Crippen LogP contribution >= 0.6 is 11.8 Å². The summed E-state index contributed by atoms with van der Waals surface area (Å²) in [7, 11) is 0. The van der Waals surface area contributed by atoms with E-state index in [2.05, 4.69) is 50.0 Å². The molecule has 1 saturated carbocycles. The lowest BCUT2D eigenvalue weighted by Gasteiger charge is -2.49. The van der Waals surface area contributed by atoms with Crippen LogP contribution in [0, 0.1) is 11.8 Å². The minimum atomic E-state index is 0.102. The molecule has 1 aliphatic carbocycles. The van der Waals surface area contributed by atoms with Gasteiger partial charge in [-0.3, -0.25) is 4.99 Å².